The number of hydrogen-bond acceptors (Lipinski definition) is 4. The molecule has 1 saturated heterocycles. The van der Waals surface area contributed by atoms with E-state index in [9.17, 15) is 14.4 Å². The Kier molecular flexibility index (Phi) is 6.41. The molecule has 8 heteroatoms. The lowest BCUT2D eigenvalue weighted by molar-refractivity contribution is -0.140. The van der Waals surface area contributed by atoms with Gasteiger partial charge in [0.1, 0.15) is 6.04 Å². The minimum absolute atomic E-state index is 0.124. The van der Waals surface area contributed by atoms with Crippen LogP contribution in [-0.4, -0.2) is 76.2 Å². The maximum absolute atomic E-state index is 12.1. The number of carboxylic acids is 2. The second-order valence-corrected chi connectivity index (χ2v) is 5.20. The number of aliphatic carboxylic acids is 2. The SMILES string of the molecule is CCN1CCN(C(=O)N[C@@H](CCC(=O)O)C(=O)O)CC1C. The van der Waals surface area contributed by atoms with Crippen LogP contribution in [0.3, 0.4) is 0 Å². The van der Waals surface area contributed by atoms with Crippen molar-refractivity contribution in [2.75, 3.05) is 26.2 Å². The van der Waals surface area contributed by atoms with Crippen molar-refractivity contribution in [3.63, 3.8) is 0 Å². The Morgan fingerprint density at radius 1 is 1.29 bits per heavy atom. The van der Waals surface area contributed by atoms with Gasteiger partial charge in [-0.3, -0.25) is 9.69 Å². The van der Waals surface area contributed by atoms with E-state index in [4.69, 9.17) is 10.2 Å². The third kappa shape index (κ3) is 5.22. The molecule has 1 heterocycles. The number of rotatable bonds is 6. The summed E-state index contributed by atoms with van der Waals surface area (Å²) < 4.78 is 0. The zero-order valence-corrected chi connectivity index (χ0v) is 12.4. The number of carbonyl (C=O) groups excluding carboxylic acids is 1. The molecule has 1 fully saturated rings. The number of likely N-dealkylation sites (N-methyl/N-ethyl adjacent to an activating group) is 1. The highest BCUT2D eigenvalue weighted by atomic mass is 16.4. The lowest BCUT2D eigenvalue weighted by Crippen LogP contribution is -2.57. The Morgan fingerprint density at radius 3 is 2.43 bits per heavy atom. The van der Waals surface area contributed by atoms with E-state index < -0.39 is 24.0 Å². The molecule has 0 aromatic carbocycles. The highest BCUT2D eigenvalue weighted by Gasteiger charge is 2.28. The van der Waals surface area contributed by atoms with Crippen molar-refractivity contribution < 1.29 is 24.6 Å². The van der Waals surface area contributed by atoms with Crippen molar-refractivity contribution >= 4 is 18.0 Å². The molecule has 2 amide bonds. The van der Waals surface area contributed by atoms with Gasteiger partial charge in [-0.05, 0) is 19.9 Å². The molecular formula is C13H23N3O5. The summed E-state index contributed by atoms with van der Waals surface area (Å²) in [5.41, 5.74) is 0. The van der Waals surface area contributed by atoms with E-state index in [-0.39, 0.29) is 18.9 Å². The molecule has 1 aliphatic heterocycles. The topological polar surface area (TPSA) is 110 Å². The molecular weight excluding hydrogens is 278 g/mol. The summed E-state index contributed by atoms with van der Waals surface area (Å²) >= 11 is 0. The lowest BCUT2D eigenvalue weighted by atomic mass is 10.1. The molecule has 3 N–H and O–H groups in total. The van der Waals surface area contributed by atoms with Crippen molar-refractivity contribution in [2.24, 2.45) is 0 Å². The van der Waals surface area contributed by atoms with E-state index in [0.29, 0.717) is 13.1 Å². The minimum atomic E-state index is -1.22. The standard InChI is InChI=1S/C13H23N3O5/c1-3-15-6-7-16(8-9(15)2)13(21)14-10(12(19)20)4-5-11(17)18/h9-10H,3-8H2,1-2H3,(H,14,21)(H,17,18)(H,19,20)/t9?,10-/m0/s1. The van der Waals surface area contributed by atoms with Crippen LogP contribution in [0.15, 0.2) is 0 Å². The van der Waals surface area contributed by atoms with Gasteiger partial charge in [-0.1, -0.05) is 6.92 Å². The molecule has 1 aliphatic rings. The fourth-order valence-electron chi connectivity index (χ4n) is 2.42. The second-order valence-electron chi connectivity index (χ2n) is 5.20. The molecule has 0 aromatic heterocycles. The Bertz CT molecular complexity index is 401. The van der Waals surface area contributed by atoms with Gasteiger partial charge in [0.2, 0.25) is 0 Å². The minimum Gasteiger partial charge on any atom is -0.481 e. The van der Waals surface area contributed by atoms with Crippen LogP contribution in [0.25, 0.3) is 0 Å². The first-order chi connectivity index (χ1) is 9.85. The third-order valence-electron chi connectivity index (χ3n) is 3.70. The molecule has 2 atom stereocenters. The van der Waals surface area contributed by atoms with Gasteiger partial charge in [-0.25, -0.2) is 9.59 Å². The summed E-state index contributed by atoms with van der Waals surface area (Å²) in [5, 5.41) is 20.0. The zero-order valence-electron chi connectivity index (χ0n) is 12.4. The van der Waals surface area contributed by atoms with Crippen LogP contribution in [0.1, 0.15) is 26.7 Å². The molecule has 120 valence electrons. The Balaban J connectivity index is 2.53. The number of hydrogen-bond donors (Lipinski definition) is 3. The molecule has 0 spiro atoms. The van der Waals surface area contributed by atoms with Gasteiger partial charge >= 0.3 is 18.0 Å². The van der Waals surface area contributed by atoms with Crippen LogP contribution in [0.2, 0.25) is 0 Å². The van der Waals surface area contributed by atoms with Crippen molar-refractivity contribution in [1.82, 2.24) is 15.1 Å². The number of piperazine rings is 1. The van der Waals surface area contributed by atoms with Gasteiger partial charge in [0.25, 0.3) is 0 Å². The highest BCUT2D eigenvalue weighted by Crippen LogP contribution is 2.09. The molecule has 1 rings (SSSR count). The fourth-order valence-corrected chi connectivity index (χ4v) is 2.42. The Hall–Kier alpha value is -1.83. The second kappa shape index (κ2) is 7.82. The fraction of sp³-hybridized carbons (Fsp3) is 0.769. The van der Waals surface area contributed by atoms with E-state index in [0.717, 1.165) is 13.1 Å². The quantitative estimate of drug-likeness (QED) is 0.639. The van der Waals surface area contributed by atoms with Crippen LogP contribution >= 0.6 is 0 Å². The number of carboxylic acid groups (broad SMARTS) is 2. The first-order valence-electron chi connectivity index (χ1n) is 7.09. The summed E-state index contributed by atoms with van der Waals surface area (Å²) in [6.07, 6.45) is -0.419. The average molecular weight is 301 g/mol. The normalized spacial score (nSPS) is 20.9. The Morgan fingerprint density at radius 2 is 1.95 bits per heavy atom. The number of amides is 2. The van der Waals surface area contributed by atoms with Gasteiger partial charge in [0.15, 0.2) is 0 Å². The van der Waals surface area contributed by atoms with Crippen molar-refractivity contribution in [1.29, 1.82) is 0 Å². The van der Waals surface area contributed by atoms with Crippen molar-refractivity contribution in [3.8, 4) is 0 Å². The van der Waals surface area contributed by atoms with Crippen LogP contribution in [-0.2, 0) is 9.59 Å². The summed E-state index contributed by atoms with van der Waals surface area (Å²) in [5.74, 6) is -2.30. The largest absolute Gasteiger partial charge is 0.481 e. The predicted molar refractivity (Wildman–Crippen MR) is 75.1 cm³/mol. The molecule has 0 radical (unpaired) electrons. The van der Waals surface area contributed by atoms with Crippen molar-refractivity contribution in [3.05, 3.63) is 0 Å². The van der Waals surface area contributed by atoms with Crippen LogP contribution in [0.5, 0.6) is 0 Å². The van der Waals surface area contributed by atoms with Gasteiger partial charge in [0.05, 0.1) is 0 Å². The van der Waals surface area contributed by atoms with Gasteiger partial charge in [0, 0.05) is 32.1 Å². The van der Waals surface area contributed by atoms with E-state index in [1.807, 2.05) is 6.92 Å². The predicted octanol–water partition coefficient (Wildman–Crippen LogP) is 0.0400. The summed E-state index contributed by atoms with van der Waals surface area (Å²) in [6.45, 7) is 6.80. The molecule has 0 aromatic rings. The number of carbonyl (C=O) groups is 3. The summed E-state index contributed by atoms with van der Waals surface area (Å²) in [6, 6.07) is -1.40. The maximum atomic E-state index is 12.1. The van der Waals surface area contributed by atoms with Crippen LogP contribution in [0.4, 0.5) is 4.79 Å². The van der Waals surface area contributed by atoms with Gasteiger partial charge in [-0.15, -0.1) is 0 Å². The van der Waals surface area contributed by atoms with Crippen LogP contribution in [0, 0.1) is 0 Å². The highest BCUT2D eigenvalue weighted by molar-refractivity contribution is 5.83. The Labute approximate surface area is 123 Å². The average Bonchev–Trinajstić information content (AvgIpc) is 2.42. The number of nitrogens with zero attached hydrogens (tertiary/aromatic N) is 2. The molecule has 1 unspecified atom stereocenters. The maximum Gasteiger partial charge on any atom is 0.326 e. The van der Waals surface area contributed by atoms with Crippen LogP contribution < -0.4 is 5.32 Å². The molecule has 0 bridgehead atoms. The van der Waals surface area contributed by atoms with Gasteiger partial charge < -0.3 is 20.4 Å². The van der Waals surface area contributed by atoms with E-state index in [1.165, 1.54) is 0 Å². The van der Waals surface area contributed by atoms with Crippen molar-refractivity contribution in [2.45, 2.75) is 38.8 Å². The van der Waals surface area contributed by atoms with Gasteiger partial charge in [-0.2, -0.15) is 0 Å². The molecule has 8 nitrogen and oxygen atoms in total. The van der Waals surface area contributed by atoms with E-state index in [2.05, 4.69) is 17.1 Å². The monoisotopic (exact) mass is 301 g/mol. The lowest BCUT2D eigenvalue weighted by Gasteiger charge is -2.39. The third-order valence-corrected chi connectivity index (χ3v) is 3.70. The van der Waals surface area contributed by atoms with E-state index in [1.54, 1.807) is 4.90 Å². The van der Waals surface area contributed by atoms with E-state index >= 15 is 0 Å². The zero-order chi connectivity index (χ0) is 16.0. The molecule has 0 aliphatic carbocycles. The molecule has 21 heavy (non-hydrogen) atoms. The summed E-state index contributed by atoms with van der Waals surface area (Å²) in [7, 11) is 0. The number of nitrogens with one attached hydrogen (secondary N) is 1. The first-order valence-corrected chi connectivity index (χ1v) is 7.09. The molecule has 0 saturated carbocycles. The first kappa shape index (κ1) is 17.2. The smallest absolute Gasteiger partial charge is 0.326 e. The summed E-state index contributed by atoms with van der Waals surface area (Å²) in [4.78, 5) is 37.5. The number of urea groups is 1.